The van der Waals surface area contributed by atoms with Gasteiger partial charge < -0.3 is 15.4 Å². The molecule has 0 fully saturated rings. The Labute approximate surface area is 184 Å². The number of pyridine rings is 1. The highest BCUT2D eigenvalue weighted by molar-refractivity contribution is 8.06. The maximum absolute atomic E-state index is 9.82. The van der Waals surface area contributed by atoms with Crippen molar-refractivity contribution in [3.05, 3.63) is 88.3 Å². The first kappa shape index (κ1) is 20.4. The van der Waals surface area contributed by atoms with Gasteiger partial charge in [0.05, 0.1) is 23.5 Å². The molecule has 2 aromatic heterocycles. The number of rotatable bonds is 7. The molecule has 3 aromatic rings. The Hall–Kier alpha value is -3.83. The van der Waals surface area contributed by atoms with E-state index in [2.05, 4.69) is 31.7 Å². The molecule has 0 amide bonds. The Kier molecular flexibility index (Phi) is 6.45. The molecule has 0 radical (unpaired) electrons. The largest absolute Gasteiger partial charge is 0.496 e. The number of anilines is 1. The molecule has 0 atom stereocenters. The van der Waals surface area contributed by atoms with Crippen molar-refractivity contribution in [2.45, 2.75) is 6.42 Å². The summed E-state index contributed by atoms with van der Waals surface area (Å²) in [4.78, 5) is 12.9. The third kappa shape index (κ3) is 4.85. The molecular weight excluding hydrogens is 408 g/mol. The molecular formula is C23H20N6OS. The van der Waals surface area contributed by atoms with Crippen molar-refractivity contribution in [3.63, 3.8) is 0 Å². The van der Waals surface area contributed by atoms with Crippen LogP contribution in [0.4, 0.5) is 5.95 Å². The van der Waals surface area contributed by atoms with Crippen LogP contribution in [0.15, 0.2) is 71.5 Å². The topological polar surface area (TPSA) is 95.8 Å². The van der Waals surface area contributed by atoms with Gasteiger partial charge in [-0.1, -0.05) is 30.0 Å². The molecule has 0 saturated heterocycles. The van der Waals surface area contributed by atoms with E-state index in [0.29, 0.717) is 23.8 Å². The number of methoxy groups -OCH3 is 1. The molecule has 2 N–H and O–H groups in total. The van der Waals surface area contributed by atoms with E-state index >= 15 is 0 Å². The van der Waals surface area contributed by atoms with E-state index in [-0.39, 0.29) is 0 Å². The Morgan fingerprint density at radius 2 is 2.10 bits per heavy atom. The van der Waals surface area contributed by atoms with Crippen LogP contribution in [-0.2, 0) is 6.42 Å². The third-order valence-corrected chi connectivity index (χ3v) is 5.51. The average molecular weight is 429 g/mol. The fourth-order valence-electron chi connectivity index (χ4n) is 3.09. The van der Waals surface area contributed by atoms with Crippen LogP contribution in [0.3, 0.4) is 0 Å². The first-order chi connectivity index (χ1) is 15.3. The zero-order valence-electron chi connectivity index (χ0n) is 16.9. The third-order valence-electron chi connectivity index (χ3n) is 4.61. The van der Waals surface area contributed by atoms with Crippen LogP contribution in [0.1, 0.15) is 16.8 Å². The number of thioether (sulfide) groups is 1. The first-order valence-electron chi connectivity index (χ1n) is 9.66. The lowest BCUT2D eigenvalue weighted by Gasteiger charge is -2.11. The van der Waals surface area contributed by atoms with Gasteiger partial charge in [-0.25, -0.2) is 9.97 Å². The van der Waals surface area contributed by atoms with Gasteiger partial charge in [-0.3, -0.25) is 4.98 Å². The van der Waals surface area contributed by atoms with Crippen molar-refractivity contribution in [1.29, 1.82) is 5.26 Å². The maximum Gasteiger partial charge on any atom is 0.223 e. The molecule has 154 valence electrons. The van der Waals surface area contributed by atoms with Crippen molar-refractivity contribution in [2.24, 2.45) is 0 Å². The molecule has 0 aliphatic carbocycles. The predicted octanol–water partition coefficient (Wildman–Crippen LogP) is 4.06. The molecule has 3 heterocycles. The standard InChI is InChI=1S/C23H20N6OS/c1-30-21-7-3-2-6-17(21)20-15-31-22(28-20)18(13-24)19-9-12-27-23(29-19)26-11-8-16-5-4-10-25-14-16/h2-7,9-10,12,14-15,28H,8,11H2,1H3,(H,26,27,29). The summed E-state index contributed by atoms with van der Waals surface area (Å²) in [6.07, 6.45) is 6.05. The van der Waals surface area contributed by atoms with Crippen molar-refractivity contribution in [3.8, 4) is 11.8 Å². The number of nitrogens with zero attached hydrogens (tertiary/aromatic N) is 4. The van der Waals surface area contributed by atoms with Gasteiger partial charge in [0, 0.05) is 36.1 Å². The molecule has 31 heavy (non-hydrogen) atoms. The maximum atomic E-state index is 9.82. The Morgan fingerprint density at radius 1 is 1.19 bits per heavy atom. The van der Waals surface area contributed by atoms with Gasteiger partial charge in [-0.2, -0.15) is 5.26 Å². The number of benzene rings is 1. The Bertz CT molecular complexity index is 1170. The Balaban J connectivity index is 1.49. The number of allylic oxidation sites excluding steroid dienone is 1. The van der Waals surface area contributed by atoms with E-state index in [0.717, 1.165) is 34.0 Å². The second-order valence-corrected chi connectivity index (χ2v) is 7.47. The number of ether oxygens (including phenoxy) is 1. The summed E-state index contributed by atoms with van der Waals surface area (Å²) in [6.45, 7) is 0.667. The zero-order valence-corrected chi connectivity index (χ0v) is 17.7. The fraction of sp³-hybridized carbons (Fsp3) is 0.130. The summed E-state index contributed by atoms with van der Waals surface area (Å²) in [6, 6.07) is 15.7. The summed E-state index contributed by atoms with van der Waals surface area (Å²) < 4.78 is 5.45. The summed E-state index contributed by atoms with van der Waals surface area (Å²) in [7, 11) is 1.64. The minimum atomic E-state index is 0.462. The number of hydrogen-bond donors (Lipinski definition) is 2. The van der Waals surface area contributed by atoms with Crippen LogP contribution in [-0.4, -0.2) is 28.6 Å². The molecule has 1 aliphatic heterocycles. The summed E-state index contributed by atoms with van der Waals surface area (Å²) in [5.74, 6) is 1.25. The second-order valence-electron chi connectivity index (χ2n) is 6.59. The van der Waals surface area contributed by atoms with E-state index < -0.39 is 0 Å². The molecule has 0 bridgehead atoms. The van der Waals surface area contributed by atoms with Gasteiger partial charge in [0.1, 0.15) is 17.4 Å². The number of hydrogen-bond acceptors (Lipinski definition) is 8. The highest BCUT2D eigenvalue weighted by Crippen LogP contribution is 2.37. The minimum Gasteiger partial charge on any atom is -0.496 e. The second kappa shape index (κ2) is 9.78. The van der Waals surface area contributed by atoms with Gasteiger partial charge in [-0.15, -0.1) is 0 Å². The normalized spacial score (nSPS) is 14.3. The zero-order chi connectivity index (χ0) is 21.5. The van der Waals surface area contributed by atoms with Gasteiger partial charge in [-0.05, 0) is 36.2 Å². The number of nitriles is 1. The molecule has 0 unspecified atom stereocenters. The average Bonchev–Trinajstić information content (AvgIpc) is 3.30. The number of nitrogens with one attached hydrogen (secondary N) is 2. The van der Waals surface area contributed by atoms with Crippen LogP contribution in [0.5, 0.6) is 5.75 Å². The van der Waals surface area contributed by atoms with Crippen LogP contribution < -0.4 is 15.4 Å². The first-order valence-corrected chi connectivity index (χ1v) is 10.5. The lowest BCUT2D eigenvalue weighted by atomic mass is 10.1. The van der Waals surface area contributed by atoms with E-state index in [1.54, 1.807) is 25.6 Å². The Morgan fingerprint density at radius 3 is 2.90 bits per heavy atom. The number of para-hydroxylation sites is 1. The van der Waals surface area contributed by atoms with E-state index in [9.17, 15) is 5.26 Å². The van der Waals surface area contributed by atoms with Gasteiger partial charge >= 0.3 is 0 Å². The molecule has 4 rings (SSSR count). The van der Waals surface area contributed by atoms with Crippen molar-refractivity contribution in [1.82, 2.24) is 20.3 Å². The highest BCUT2D eigenvalue weighted by Gasteiger charge is 2.20. The predicted molar refractivity (Wildman–Crippen MR) is 123 cm³/mol. The van der Waals surface area contributed by atoms with Gasteiger partial charge in [0.15, 0.2) is 0 Å². The van der Waals surface area contributed by atoms with Crippen LogP contribution in [0.25, 0.3) is 11.3 Å². The lowest BCUT2D eigenvalue weighted by Crippen LogP contribution is -2.10. The van der Waals surface area contributed by atoms with Crippen molar-refractivity contribution >= 4 is 29.0 Å². The molecule has 1 aliphatic rings. The fourth-order valence-corrected chi connectivity index (χ4v) is 3.95. The van der Waals surface area contributed by atoms with Crippen molar-refractivity contribution < 1.29 is 4.74 Å². The molecule has 8 heteroatoms. The van der Waals surface area contributed by atoms with Crippen LogP contribution >= 0.6 is 11.8 Å². The summed E-state index contributed by atoms with van der Waals surface area (Å²) >= 11 is 1.45. The van der Waals surface area contributed by atoms with Crippen LogP contribution in [0, 0.1) is 11.3 Å². The van der Waals surface area contributed by atoms with Crippen molar-refractivity contribution in [2.75, 3.05) is 19.0 Å². The quantitative estimate of drug-likeness (QED) is 0.544. The smallest absolute Gasteiger partial charge is 0.223 e. The van der Waals surface area contributed by atoms with Gasteiger partial charge in [0.25, 0.3) is 0 Å². The molecule has 0 saturated carbocycles. The molecule has 0 spiro atoms. The van der Waals surface area contributed by atoms with E-state index in [4.69, 9.17) is 4.74 Å². The minimum absolute atomic E-state index is 0.462. The molecule has 7 nitrogen and oxygen atoms in total. The van der Waals surface area contributed by atoms with E-state index in [1.807, 2.05) is 48.0 Å². The molecule has 1 aromatic carbocycles. The monoisotopic (exact) mass is 428 g/mol. The SMILES string of the molecule is COc1ccccc1C1=CSC(=C(C#N)c2ccnc(NCCc3cccnc3)n2)N1. The number of aromatic nitrogens is 3. The lowest BCUT2D eigenvalue weighted by molar-refractivity contribution is 0.413. The summed E-state index contributed by atoms with van der Waals surface area (Å²) in [5, 5.41) is 19.1. The van der Waals surface area contributed by atoms with Gasteiger partial charge in [0.2, 0.25) is 5.95 Å². The summed E-state index contributed by atoms with van der Waals surface area (Å²) in [5.41, 5.74) is 3.97. The van der Waals surface area contributed by atoms with Crippen LogP contribution in [0.2, 0.25) is 0 Å². The van der Waals surface area contributed by atoms with E-state index in [1.165, 1.54) is 11.8 Å². The highest BCUT2D eigenvalue weighted by atomic mass is 32.2.